The molecule has 100 valence electrons. The molecule has 0 saturated heterocycles. The highest BCUT2D eigenvalue weighted by Crippen LogP contribution is 2.31. The van der Waals surface area contributed by atoms with Crippen LogP contribution in [0.4, 0.5) is 5.82 Å². The zero-order valence-electron chi connectivity index (χ0n) is 10.5. The van der Waals surface area contributed by atoms with Crippen LogP contribution in [-0.2, 0) is 9.53 Å². The lowest BCUT2D eigenvalue weighted by Gasteiger charge is -2.15. The molecule has 1 aromatic heterocycles. The third kappa shape index (κ3) is 2.96. The van der Waals surface area contributed by atoms with Crippen molar-refractivity contribution in [3.8, 4) is 0 Å². The van der Waals surface area contributed by atoms with E-state index in [0.29, 0.717) is 24.2 Å². The lowest BCUT2D eigenvalue weighted by atomic mass is 10.0. The molecule has 19 heavy (non-hydrogen) atoms. The Morgan fingerprint density at radius 1 is 1.42 bits per heavy atom. The number of nitrogens with one attached hydrogen (secondary N) is 1. The van der Waals surface area contributed by atoms with E-state index in [1.54, 1.807) is 6.07 Å². The Hall–Kier alpha value is -1.39. The van der Waals surface area contributed by atoms with Crippen LogP contribution in [0.15, 0.2) is 18.2 Å². The average molecular weight is 279 g/mol. The molecule has 1 fully saturated rings. The third-order valence-electron chi connectivity index (χ3n) is 3.36. The van der Waals surface area contributed by atoms with Crippen LogP contribution in [0.2, 0.25) is 5.15 Å². The first-order valence-corrected chi connectivity index (χ1v) is 6.86. The van der Waals surface area contributed by atoms with Gasteiger partial charge in [0.05, 0.1) is 13.2 Å². The second kappa shape index (κ2) is 5.31. The van der Waals surface area contributed by atoms with Gasteiger partial charge in [0.2, 0.25) is 5.91 Å². The quantitative estimate of drug-likeness (QED) is 0.865. The number of carbonyl (C=O) groups excluding carboxylic acids is 1. The summed E-state index contributed by atoms with van der Waals surface area (Å²) in [7, 11) is 0. The normalized spacial score (nSPS) is 18.9. The molecular formula is C14H15ClN2O2. The Labute approximate surface area is 116 Å². The topological polar surface area (TPSA) is 51.2 Å². The predicted octanol–water partition coefficient (Wildman–Crippen LogP) is 2.89. The Bertz CT molecular complexity index is 538. The minimum atomic E-state index is 0.0431. The molecule has 3 rings (SSSR count). The van der Waals surface area contributed by atoms with Gasteiger partial charge in [-0.3, -0.25) is 4.79 Å². The number of amides is 1. The monoisotopic (exact) mass is 278 g/mol. The van der Waals surface area contributed by atoms with Crippen molar-refractivity contribution >= 4 is 28.9 Å². The Morgan fingerprint density at radius 3 is 2.89 bits per heavy atom. The van der Waals surface area contributed by atoms with Crippen LogP contribution in [0.25, 0.3) is 5.57 Å². The summed E-state index contributed by atoms with van der Waals surface area (Å²) in [4.78, 5) is 15.9. The Morgan fingerprint density at radius 2 is 2.26 bits per heavy atom. The van der Waals surface area contributed by atoms with Gasteiger partial charge < -0.3 is 10.1 Å². The zero-order chi connectivity index (χ0) is 13.2. The summed E-state index contributed by atoms with van der Waals surface area (Å²) >= 11 is 6.20. The number of halogens is 1. The number of hydrogen-bond donors (Lipinski definition) is 1. The number of rotatable bonds is 3. The molecule has 1 aliphatic carbocycles. The van der Waals surface area contributed by atoms with Gasteiger partial charge in [0, 0.05) is 11.5 Å². The van der Waals surface area contributed by atoms with E-state index in [-0.39, 0.29) is 11.8 Å². The molecule has 0 unspecified atom stereocenters. The summed E-state index contributed by atoms with van der Waals surface area (Å²) in [5, 5.41) is 3.23. The highest BCUT2D eigenvalue weighted by Gasteiger charge is 2.29. The van der Waals surface area contributed by atoms with Crippen LogP contribution in [0.3, 0.4) is 0 Å². The zero-order valence-corrected chi connectivity index (χ0v) is 11.2. The van der Waals surface area contributed by atoms with Crippen molar-refractivity contribution < 1.29 is 9.53 Å². The molecule has 0 atom stereocenters. The molecule has 1 aromatic rings. The molecular weight excluding hydrogens is 264 g/mol. The largest absolute Gasteiger partial charge is 0.377 e. The van der Waals surface area contributed by atoms with Crippen molar-refractivity contribution in [3.63, 3.8) is 0 Å². The fraction of sp³-hybridized carbons (Fsp3) is 0.429. The maximum atomic E-state index is 11.7. The van der Waals surface area contributed by atoms with Gasteiger partial charge in [0.15, 0.2) is 0 Å². The molecule has 4 nitrogen and oxygen atoms in total. The van der Waals surface area contributed by atoms with Crippen molar-refractivity contribution in [1.82, 2.24) is 4.98 Å². The van der Waals surface area contributed by atoms with E-state index < -0.39 is 0 Å². The van der Waals surface area contributed by atoms with E-state index in [2.05, 4.69) is 10.3 Å². The van der Waals surface area contributed by atoms with Crippen LogP contribution in [0.5, 0.6) is 0 Å². The maximum absolute atomic E-state index is 11.7. The van der Waals surface area contributed by atoms with E-state index in [0.717, 1.165) is 30.4 Å². The molecule has 0 spiro atoms. The highest BCUT2D eigenvalue weighted by molar-refractivity contribution is 6.31. The first-order chi connectivity index (χ1) is 9.24. The number of anilines is 1. The predicted molar refractivity (Wildman–Crippen MR) is 74.0 cm³/mol. The fourth-order valence-electron chi connectivity index (χ4n) is 2.09. The molecule has 0 aromatic carbocycles. The van der Waals surface area contributed by atoms with Gasteiger partial charge in [-0.2, -0.15) is 0 Å². The molecule has 5 heteroatoms. The number of nitrogens with zero attached hydrogens (tertiary/aromatic N) is 1. The van der Waals surface area contributed by atoms with Crippen molar-refractivity contribution in [2.24, 2.45) is 5.92 Å². The molecule has 0 radical (unpaired) electrons. The van der Waals surface area contributed by atoms with Crippen molar-refractivity contribution in [2.45, 2.75) is 19.3 Å². The van der Waals surface area contributed by atoms with Crippen LogP contribution in [-0.4, -0.2) is 24.1 Å². The Balaban J connectivity index is 1.77. The summed E-state index contributed by atoms with van der Waals surface area (Å²) < 4.78 is 5.27. The minimum absolute atomic E-state index is 0.0431. The maximum Gasteiger partial charge on any atom is 0.228 e. The van der Waals surface area contributed by atoms with Gasteiger partial charge in [-0.25, -0.2) is 4.98 Å². The number of pyridine rings is 1. The first kappa shape index (κ1) is 12.6. The van der Waals surface area contributed by atoms with E-state index in [1.165, 1.54) is 0 Å². The van der Waals surface area contributed by atoms with Crippen molar-refractivity contribution in [2.75, 3.05) is 18.5 Å². The van der Waals surface area contributed by atoms with Gasteiger partial charge >= 0.3 is 0 Å². The summed E-state index contributed by atoms with van der Waals surface area (Å²) in [5.74, 6) is 0.735. The second-order valence-corrected chi connectivity index (χ2v) is 5.21. The fourth-order valence-corrected chi connectivity index (χ4v) is 2.36. The lowest BCUT2D eigenvalue weighted by molar-refractivity contribution is -0.117. The Kier molecular flexibility index (Phi) is 3.53. The van der Waals surface area contributed by atoms with Gasteiger partial charge in [-0.05, 0) is 37.0 Å². The molecule has 2 heterocycles. The van der Waals surface area contributed by atoms with Crippen LogP contribution >= 0.6 is 11.6 Å². The van der Waals surface area contributed by atoms with Crippen LogP contribution in [0.1, 0.15) is 24.8 Å². The molecule has 1 N–H and O–H groups in total. The average Bonchev–Trinajstić information content (AvgIpc) is 3.24. The molecule has 2 aliphatic rings. The van der Waals surface area contributed by atoms with E-state index in [4.69, 9.17) is 16.3 Å². The summed E-state index contributed by atoms with van der Waals surface area (Å²) in [6.45, 7) is 1.33. The van der Waals surface area contributed by atoms with Crippen molar-refractivity contribution in [1.29, 1.82) is 0 Å². The van der Waals surface area contributed by atoms with Crippen LogP contribution < -0.4 is 5.32 Å². The highest BCUT2D eigenvalue weighted by atomic mass is 35.5. The number of ether oxygens (including phenoxy) is 1. The number of aromatic nitrogens is 1. The molecule has 1 aliphatic heterocycles. The standard InChI is InChI=1S/C14H15ClN2O2/c15-13-11(9-5-7-19-8-6-9)3-4-12(16-13)17-14(18)10-1-2-10/h3-5,10H,1-2,6-8H2,(H,16,17,18). The molecule has 0 bridgehead atoms. The van der Waals surface area contributed by atoms with Gasteiger partial charge in [-0.1, -0.05) is 17.7 Å². The summed E-state index contributed by atoms with van der Waals surface area (Å²) in [6.07, 6.45) is 4.82. The van der Waals surface area contributed by atoms with Crippen molar-refractivity contribution in [3.05, 3.63) is 28.9 Å². The van der Waals surface area contributed by atoms with Gasteiger partial charge in [0.25, 0.3) is 0 Å². The SMILES string of the molecule is O=C(Nc1ccc(C2=CCOCC2)c(Cl)n1)C1CC1. The summed E-state index contributed by atoms with van der Waals surface area (Å²) in [5.41, 5.74) is 2.08. The minimum Gasteiger partial charge on any atom is -0.377 e. The third-order valence-corrected chi connectivity index (χ3v) is 3.65. The number of hydrogen-bond acceptors (Lipinski definition) is 3. The number of carbonyl (C=O) groups is 1. The summed E-state index contributed by atoms with van der Waals surface area (Å²) in [6, 6.07) is 3.72. The smallest absolute Gasteiger partial charge is 0.228 e. The second-order valence-electron chi connectivity index (χ2n) is 4.85. The first-order valence-electron chi connectivity index (χ1n) is 6.48. The molecule has 1 saturated carbocycles. The van der Waals surface area contributed by atoms with E-state index in [1.807, 2.05) is 12.1 Å². The van der Waals surface area contributed by atoms with Gasteiger partial charge in [0.1, 0.15) is 11.0 Å². The van der Waals surface area contributed by atoms with E-state index in [9.17, 15) is 4.79 Å². The molecule has 1 amide bonds. The van der Waals surface area contributed by atoms with E-state index >= 15 is 0 Å². The lowest BCUT2D eigenvalue weighted by Crippen LogP contribution is -2.14. The van der Waals surface area contributed by atoms with Crippen LogP contribution in [0, 0.1) is 5.92 Å². The van der Waals surface area contributed by atoms with Gasteiger partial charge in [-0.15, -0.1) is 0 Å².